The highest BCUT2D eigenvalue weighted by Gasteiger charge is 2.09. The zero-order valence-corrected chi connectivity index (χ0v) is 13.2. The van der Waals surface area contributed by atoms with Crippen LogP contribution >= 0.6 is 0 Å². The monoisotopic (exact) mass is 334 g/mol. The molecular weight excluding hydrogens is 320 g/mol. The van der Waals surface area contributed by atoms with Gasteiger partial charge in [0.15, 0.2) is 17.9 Å². The molecule has 0 bridgehead atoms. The van der Waals surface area contributed by atoms with E-state index in [9.17, 15) is 4.79 Å². The van der Waals surface area contributed by atoms with E-state index in [4.69, 9.17) is 4.74 Å². The van der Waals surface area contributed by atoms with Crippen LogP contribution in [-0.2, 0) is 9.53 Å². The fraction of sp³-hybridized carbons (Fsp3) is 0.118. The molecule has 0 aromatic carbocycles. The van der Waals surface area contributed by atoms with Crippen molar-refractivity contribution in [3.05, 3.63) is 53.8 Å². The highest BCUT2D eigenvalue weighted by atomic mass is 16.5. The number of aliphatic imine (C=N–C) groups is 3. The van der Waals surface area contributed by atoms with Crippen molar-refractivity contribution < 1.29 is 9.53 Å². The average Bonchev–Trinajstić information content (AvgIpc) is 3.03. The van der Waals surface area contributed by atoms with Crippen LogP contribution in [0.1, 0.15) is 0 Å². The topological polar surface area (TPSA) is 102 Å². The lowest BCUT2D eigenvalue weighted by atomic mass is 10.2. The Morgan fingerprint density at radius 3 is 2.88 bits per heavy atom. The number of allylic oxidation sites excluding steroid dienone is 4. The maximum Gasteiger partial charge on any atom is 0.283 e. The highest BCUT2D eigenvalue weighted by molar-refractivity contribution is 6.04. The third kappa shape index (κ3) is 4.47. The van der Waals surface area contributed by atoms with E-state index in [2.05, 4.69) is 29.9 Å². The van der Waals surface area contributed by atoms with Gasteiger partial charge in [-0.05, 0) is 18.2 Å². The number of hydrogen-bond donors (Lipinski definition) is 0. The molecule has 124 valence electrons. The van der Waals surface area contributed by atoms with Gasteiger partial charge < -0.3 is 4.74 Å². The molecular formula is C17H14N6O2. The van der Waals surface area contributed by atoms with E-state index in [1.54, 1.807) is 36.7 Å². The van der Waals surface area contributed by atoms with Crippen LogP contribution in [0.15, 0.2) is 63.1 Å². The van der Waals surface area contributed by atoms with Crippen LogP contribution in [0.25, 0.3) is 5.57 Å². The van der Waals surface area contributed by atoms with Gasteiger partial charge in [-0.3, -0.25) is 14.8 Å². The summed E-state index contributed by atoms with van der Waals surface area (Å²) in [5, 5.41) is 0.771. The zero-order chi connectivity index (χ0) is 17.3. The molecule has 0 unspecified atom stereocenters. The van der Waals surface area contributed by atoms with Crippen molar-refractivity contribution in [2.45, 2.75) is 0 Å². The first-order valence-corrected chi connectivity index (χ1v) is 7.46. The predicted molar refractivity (Wildman–Crippen MR) is 94.6 cm³/mol. The lowest BCUT2D eigenvalue weighted by molar-refractivity contribution is -0.120. The standard InChI is InChI=1S/C17H14N6O2/c24-14-11-25-8-3-1-2-6-20-16-15-13(9-18-5-4-7-19-14)10-21-17(15)23-12-22-16/h1-9,12H,10-11H2/b2-1+,5-4+,8-3+,18-9?,19-7?,20-6?. The van der Waals surface area contributed by atoms with Crippen molar-refractivity contribution in [1.29, 1.82) is 0 Å². The number of rotatable bonds is 0. The lowest BCUT2D eigenvalue weighted by Crippen LogP contribution is -2.28. The average molecular weight is 334 g/mol. The molecule has 8 nitrogen and oxygen atoms in total. The molecule has 8 heteroatoms. The number of amides is 1. The van der Waals surface area contributed by atoms with Crippen LogP contribution in [0.2, 0.25) is 0 Å². The zero-order valence-electron chi connectivity index (χ0n) is 13.2. The molecule has 25 heavy (non-hydrogen) atoms. The third-order valence-corrected chi connectivity index (χ3v) is 3.12. The Labute approximate surface area is 143 Å². The van der Waals surface area contributed by atoms with Crippen LogP contribution in [-0.4, -0.2) is 47.7 Å². The molecule has 0 spiro atoms. The van der Waals surface area contributed by atoms with Gasteiger partial charge in [-0.2, -0.15) is 0 Å². The summed E-state index contributed by atoms with van der Waals surface area (Å²) in [6.45, 7) is 0.342. The summed E-state index contributed by atoms with van der Waals surface area (Å²) < 4.78 is 5.06. The Bertz CT molecular complexity index is 954. The van der Waals surface area contributed by atoms with Gasteiger partial charge in [-0.25, -0.2) is 20.0 Å². The van der Waals surface area contributed by atoms with Crippen LogP contribution < -0.4 is 10.7 Å². The smallest absolute Gasteiger partial charge is 0.283 e. The minimum Gasteiger partial charge on any atom is -0.491 e. The molecule has 1 amide bonds. The largest absolute Gasteiger partial charge is 0.491 e. The maximum absolute atomic E-state index is 11.4. The molecule has 0 saturated heterocycles. The second-order valence-electron chi connectivity index (χ2n) is 4.83. The van der Waals surface area contributed by atoms with Crippen LogP contribution in [0, 0.1) is 0 Å². The molecule has 0 N–H and O–H groups in total. The Morgan fingerprint density at radius 2 is 1.92 bits per heavy atom. The predicted octanol–water partition coefficient (Wildman–Crippen LogP) is 0.245. The Hall–Kier alpha value is -3.55. The number of nitrogens with zero attached hydrogens (tertiary/aromatic N) is 6. The van der Waals surface area contributed by atoms with E-state index in [1.165, 1.54) is 25.0 Å². The van der Waals surface area contributed by atoms with Gasteiger partial charge in [0.25, 0.3) is 5.91 Å². The Balaban J connectivity index is 1.98. The summed E-state index contributed by atoms with van der Waals surface area (Å²) in [5.41, 5.74) is 1.48. The minimum atomic E-state index is -0.385. The summed E-state index contributed by atoms with van der Waals surface area (Å²) in [5.74, 6) is 0.152. The molecule has 3 heterocycles. The van der Waals surface area contributed by atoms with E-state index in [-0.39, 0.29) is 12.5 Å². The van der Waals surface area contributed by atoms with Gasteiger partial charge in [0.05, 0.1) is 18.0 Å². The molecule has 3 rings (SSSR count). The van der Waals surface area contributed by atoms with E-state index in [0.29, 0.717) is 17.9 Å². The van der Waals surface area contributed by atoms with E-state index >= 15 is 0 Å². The molecule has 0 radical (unpaired) electrons. The van der Waals surface area contributed by atoms with Crippen molar-refractivity contribution in [3.63, 3.8) is 0 Å². The molecule has 2 aliphatic rings. The van der Waals surface area contributed by atoms with Gasteiger partial charge in [-0.1, -0.05) is 6.08 Å². The number of aromatic nitrogens is 2. The van der Waals surface area contributed by atoms with Crippen LogP contribution in [0.3, 0.4) is 0 Å². The van der Waals surface area contributed by atoms with Gasteiger partial charge in [-0.15, -0.1) is 0 Å². The summed E-state index contributed by atoms with van der Waals surface area (Å²) in [6.07, 6.45) is 15.7. The summed E-state index contributed by atoms with van der Waals surface area (Å²) in [4.78, 5) is 36.4. The van der Waals surface area contributed by atoms with Crippen LogP contribution in [0.5, 0.6) is 0 Å². The van der Waals surface area contributed by atoms with E-state index in [1.807, 2.05) is 0 Å². The summed E-state index contributed by atoms with van der Waals surface area (Å²) in [7, 11) is 0. The van der Waals surface area contributed by atoms with Gasteiger partial charge in [0.2, 0.25) is 0 Å². The van der Waals surface area contributed by atoms with Gasteiger partial charge >= 0.3 is 0 Å². The molecule has 1 aromatic rings. The quantitative estimate of drug-likeness (QED) is 0.678. The summed E-state index contributed by atoms with van der Waals surface area (Å²) in [6, 6.07) is 0. The minimum absolute atomic E-state index is 0.126. The van der Waals surface area contributed by atoms with Crippen molar-refractivity contribution in [3.8, 4) is 0 Å². The normalized spacial score (nSPS) is 20.8. The fourth-order valence-electron chi connectivity index (χ4n) is 2.05. The molecule has 0 atom stereocenters. The third-order valence-electron chi connectivity index (χ3n) is 3.12. The Morgan fingerprint density at radius 1 is 1.00 bits per heavy atom. The number of hydrogen-bond acceptors (Lipinski definition) is 7. The molecule has 2 aliphatic heterocycles. The van der Waals surface area contributed by atoms with Crippen molar-refractivity contribution in [2.75, 3.05) is 13.2 Å². The second-order valence-corrected chi connectivity index (χ2v) is 4.83. The van der Waals surface area contributed by atoms with Gasteiger partial charge in [0.1, 0.15) is 6.33 Å². The molecule has 1 aromatic heterocycles. The lowest BCUT2D eigenvalue weighted by Gasteiger charge is -1.94. The van der Waals surface area contributed by atoms with E-state index in [0.717, 1.165) is 10.8 Å². The van der Waals surface area contributed by atoms with E-state index < -0.39 is 0 Å². The van der Waals surface area contributed by atoms with Gasteiger partial charge in [0, 0.05) is 30.4 Å². The SMILES string of the molecule is O=C1CO/C=C/C=C/C=Nc2ncnc3c2=C(C=N/C=C/C=N1)CN=3. The maximum atomic E-state index is 11.4. The van der Waals surface area contributed by atoms with Crippen molar-refractivity contribution in [1.82, 2.24) is 9.97 Å². The number of carbonyl (C=O) groups excluding carboxylic acids is 1. The highest BCUT2D eigenvalue weighted by Crippen LogP contribution is 2.02. The first-order chi connectivity index (χ1) is 12.3. The number of carbonyl (C=O) groups is 1. The molecule has 0 aliphatic carbocycles. The first-order valence-electron chi connectivity index (χ1n) is 7.46. The van der Waals surface area contributed by atoms with Crippen LogP contribution in [0.4, 0.5) is 5.82 Å². The second kappa shape index (κ2) is 8.34. The fourth-order valence-corrected chi connectivity index (χ4v) is 2.05. The van der Waals surface area contributed by atoms with Crippen molar-refractivity contribution in [2.24, 2.45) is 20.0 Å². The molecule has 0 saturated carbocycles. The molecule has 0 fully saturated rings. The number of ether oxygens (including phenoxy) is 1. The first kappa shape index (κ1) is 16.3. The Kier molecular flexibility index (Phi) is 5.44. The summed E-state index contributed by atoms with van der Waals surface area (Å²) >= 11 is 0. The van der Waals surface area contributed by atoms with Crippen molar-refractivity contribution >= 4 is 35.9 Å².